The van der Waals surface area contributed by atoms with Crippen LogP contribution in [0.15, 0.2) is 30.6 Å². The molecule has 0 bridgehead atoms. The number of anilines is 1. The molecule has 1 amide bonds. The number of carbonyl (C=O) groups is 1. The molecule has 5 heteroatoms. The summed E-state index contributed by atoms with van der Waals surface area (Å²) in [6.07, 6.45) is 3.05. The molecule has 0 unspecified atom stereocenters. The summed E-state index contributed by atoms with van der Waals surface area (Å²) in [6, 6.07) is 5.22. The highest BCUT2D eigenvalue weighted by Gasteiger charge is 2.07. The summed E-state index contributed by atoms with van der Waals surface area (Å²) in [5, 5.41) is 0. The lowest BCUT2D eigenvalue weighted by Crippen LogP contribution is -2.11. The third-order valence-corrected chi connectivity index (χ3v) is 2.47. The number of hydrogen-bond acceptors (Lipinski definition) is 4. The Balaban J connectivity index is 2.54. The number of nitrogen functional groups attached to an aromatic ring is 1. The lowest BCUT2D eigenvalue weighted by atomic mass is 10.0. The van der Waals surface area contributed by atoms with Crippen molar-refractivity contribution in [1.82, 2.24) is 9.97 Å². The van der Waals surface area contributed by atoms with E-state index in [9.17, 15) is 4.79 Å². The first-order valence-corrected chi connectivity index (χ1v) is 5.06. The number of aryl methyl sites for hydroxylation is 1. The van der Waals surface area contributed by atoms with Crippen LogP contribution in [0.3, 0.4) is 0 Å². The van der Waals surface area contributed by atoms with Gasteiger partial charge >= 0.3 is 0 Å². The van der Waals surface area contributed by atoms with Crippen molar-refractivity contribution in [3.8, 4) is 11.3 Å². The number of benzene rings is 1. The number of hydrogen-bond donors (Lipinski definition) is 2. The Morgan fingerprint density at radius 1 is 1.24 bits per heavy atom. The van der Waals surface area contributed by atoms with Crippen LogP contribution in [0.5, 0.6) is 0 Å². The number of primary amides is 1. The molecule has 0 aliphatic carbocycles. The maximum absolute atomic E-state index is 11.1. The molecule has 0 spiro atoms. The molecular weight excluding hydrogens is 216 g/mol. The van der Waals surface area contributed by atoms with E-state index >= 15 is 0 Å². The van der Waals surface area contributed by atoms with Crippen LogP contribution >= 0.6 is 0 Å². The normalized spacial score (nSPS) is 10.2. The first-order chi connectivity index (χ1) is 8.08. The van der Waals surface area contributed by atoms with Gasteiger partial charge in [-0.3, -0.25) is 9.78 Å². The highest BCUT2D eigenvalue weighted by atomic mass is 16.1. The van der Waals surface area contributed by atoms with Gasteiger partial charge < -0.3 is 11.5 Å². The minimum Gasteiger partial charge on any atom is -0.382 e. The molecule has 2 rings (SSSR count). The molecule has 4 N–H and O–H groups in total. The second-order valence-electron chi connectivity index (χ2n) is 3.72. The zero-order valence-electron chi connectivity index (χ0n) is 9.34. The molecule has 0 aliphatic heterocycles. The first-order valence-electron chi connectivity index (χ1n) is 5.06. The lowest BCUT2D eigenvalue weighted by molar-refractivity contribution is 0.100. The average molecular weight is 228 g/mol. The van der Waals surface area contributed by atoms with Gasteiger partial charge in [0.2, 0.25) is 5.91 Å². The Kier molecular flexibility index (Phi) is 2.74. The molecule has 0 aliphatic rings. The molecule has 86 valence electrons. The summed E-state index contributed by atoms with van der Waals surface area (Å²) >= 11 is 0. The minimum atomic E-state index is -0.463. The van der Waals surface area contributed by atoms with E-state index in [-0.39, 0.29) is 0 Å². The Morgan fingerprint density at radius 2 is 2.00 bits per heavy atom. The van der Waals surface area contributed by atoms with E-state index in [4.69, 9.17) is 11.5 Å². The van der Waals surface area contributed by atoms with Crippen molar-refractivity contribution in [2.24, 2.45) is 5.73 Å². The van der Waals surface area contributed by atoms with Crippen molar-refractivity contribution in [3.63, 3.8) is 0 Å². The van der Waals surface area contributed by atoms with Crippen LogP contribution in [-0.4, -0.2) is 15.9 Å². The molecule has 0 saturated carbocycles. The lowest BCUT2D eigenvalue weighted by Gasteiger charge is -2.06. The number of carbonyl (C=O) groups excluding carboxylic acids is 1. The van der Waals surface area contributed by atoms with Crippen LogP contribution in [0.25, 0.3) is 11.3 Å². The molecule has 0 radical (unpaired) electrons. The highest BCUT2D eigenvalue weighted by Crippen LogP contribution is 2.22. The quantitative estimate of drug-likeness (QED) is 0.805. The van der Waals surface area contributed by atoms with Crippen molar-refractivity contribution in [1.29, 1.82) is 0 Å². The van der Waals surface area contributed by atoms with E-state index in [0.29, 0.717) is 17.1 Å². The summed E-state index contributed by atoms with van der Waals surface area (Å²) in [7, 11) is 0. The number of nitrogens with two attached hydrogens (primary N) is 2. The maximum atomic E-state index is 11.1. The van der Waals surface area contributed by atoms with Gasteiger partial charge in [0.1, 0.15) is 5.82 Å². The molecule has 17 heavy (non-hydrogen) atoms. The second-order valence-corrected chi connectivity index (χ2v) is 3.72. The van der Waals surface area contributed by atoms with Gasteiger partial charge in [-0.15, -0.1) is 0 Å². The van der Waals surface area contributed by atoms with Gasteiger partial charge in [-0.1, -0.05) is 6.07 Å². The van der Waals surface area contributed by atoms with Crippen LogP contribution < -0.4 is 11.5 Å². The number of aromatic nitrogens is 2. The summed E-state index contributed by atoms with van der Waals surface area (Å²) in [5.74, 6) is -0.105. The summed E-state index contributed by atoms with van der Waals surface area (Å²) in [6.45, 7) is 1.93. The van der Waals surface area contributed by atoms with Crippen LogP contribution in [0.1, 0.15) is 15.9 Å². The van der Waals surface area contributed by atoms with E-state index in [1.54, 1.807) is 18.3 Å². The van der Waals surface area contributed by atoms with Gasteiger partial charge in [0.05, 0.1) is 18.1 Å². The summed E-state index contributed by atoms with van der Waals surface area (Å²) in [5.41, 5.74) is 13.7. The van der Waals surface area contributed by atoms with Gasteiger partial charge in [-0.2, -0.15) is 0 Å². The first kappa shape index (κ1) is 11.1. The number of rotatable bonds is 2. The van der Waals surface area contributed by atoms with E-state index in [1.807, 2.05) is 13.0 Å². The fraction of sp³-hybridized carbons (Fsp3) is 0.0833. The molecule has 0 atom stereocenters. The Bertz CT molecular complexity index is 563. The zero-order chi connectivity index (χ0) is 12.4. The number of amides is 1. The monoisotopic (exact) mass is 228 g/mol. The standard InChI is InChI=1S/C12H12N4O/c1-7-2-3-8(12(14)17)4-9(7)10-5-16-11(13)6-15-10/h2-6H,1H3,(H2,13,16)(H2,14,17). The van der Waals surface area contributed by atoms with E-state index in [0.717, 1.165) is 11.1 Å². The molecule has 1 aromatic heterocycles. The smallest absolute Gasteiger partial charge is 0.248 e. The van der Waals surface area contributed by atoms with E-state index in [1.165, 1.54) is 6.20 Å². The fourth-order valence-electron chi connectivity index (χ4n) is 1.53. The number of nitrogens with zero attached hydrogens (tertiary/aromatic N) is 2. The zero-order valence-corrected chi connectivity index (χ0v) is 9.34. The topological polar surface area (TPSA) is 94.9 Å². The largest absolute Gasteiger partial charge is 0.382 e. The van der Waals surface area contributed by atoms with Crippen LogP contribution in [0.4, 0.5) is 5.82 Å². The minimum absolute atomic E-state index is 0.359. The van der Waals surface area contributed by atoms with Crippen LogP contribution in [0, 0.1) is 6.92 Å². The van der Waals surface area contributed by atoms with Crippen LogP contribution in [-0.2, 0) is 0 Å². The highest BCUT2D eigenvalue weighted by molar-refractivity contribution is 5.94. The summed E-state index contributed by atoms with van der Waals surface area (Å²) in [4.78, 5) is 19.3. The summed E-state index contributed by atoms with van der Waals surface area (Å²) < 4.78 is 0. The molecule has 0 saturated heterocycles. The molecular formula is C12H12N4O. The van der Waals surface area contributed by atoms with E-state index < -0.39 is 5.91 Å². The molecule has 1 aromatic carbocycles. The van der Waals surface area contributed by atoms with Gasteiger partial charge in [0.25, 0.3) is 0 Å². The Morgan fingerprint density at radius 3 is 2.59 bits per heavy atom. The van der Waals surface area contributed by atoms with Gasteiger partial charge in [-0.25, -0.2) is 4.98 Å². The molecule has 1 heterocycles. The van der Waals surface area contributed by atoms with Crippen molar-refractivity contribution in [2.45, 2.75) is 6.92 Å². The second kappa shape index (κ2) is 4.21. The third kappa shape index (κ3) is 2.23. The molecule has 0 fully saturated rings. The Labute approximate surface area is 98.5 Å². The van der Waals surface area contributed by atoms with Gasteiger partial charge in [0.15, 0.2) is 0 Å². The van der Waals surface area contributed by atoms with E-state index in [2.05, 4.69) is 9.97 Å². The van der Waals surface area contributed by atoms with Crippen molar-refractivity contribution >= 4 is 11.7 Å². The Hall–Kier alpha value is -2.43. The fourth-order valence-corrected chi connectivity index (χ4v) is 1.53. The SMILES string of the molecule is Cc1ccc(C(N)=O)cc1-c1cnc(N)cn1. The third-order valence-electron chi connectivity index (χ3n) is 2.47. The average Bonchev–Trinajstić information content (AvgIpc) is 2.31. The van der Waals surface area contributed by atoms with Crippen LogP contribution in [0.2, 0.25) is 0 Å². The maximum Gasteiger partial charge on any atom is 0.248 e. The molecule has 5 nitrogen and oxygen atoms in total. The van der Waals surface area contributed by atoms with Gasteiger partial charge in [-0.05, 0) is 24.6 Å². The van der Waals surface area contributed by atoms with Crippen molar-refractivity contribution < 1.29 is 4.79 Å². The molecule has 2 aromatic rings. The van der Waals surface area contributed by atoms with Crippen molar-refractivity contribution in [3.05, 3.63) is 41.7 Å². The predicted octanol–water partition coefficient (Wildman–Crippen LogP) is 1.13. The van der Waals surface area contributed by atoms with Gasteiger partial charge in [0, 0.05) is 11.1 Å². The predicted molar refractivity (Wildman–Crippen MR) is 65.1 cm³/mol. The van der Waals surface area contributed by atoms with Crippen molar-refractivity contribution in [2.75, 3.05) is 5.73 Å².